The molecule has 96 valence electrons. The van der Waals surface area contributed by atoms with Crippen molar-refractivity contribution in [2.45, 2.75) is 6.04 Å². The van der Waals surface area contributed by atoms with Crippen molar-refractivity contribution in [3.63, 3.8) is 0 Å². The smallest absolute Gasteiger partial charge is 0.133 e. The summed E-state index contributed by atoms with van der Waals surface area (Å²) in [4.78, 5) is 0. The highest BCUT2D eigenvalue weighted by Gasteiger charge is 2.17. The Labute approximate surface area is 127 Å². The molecule has 0 aliphatic heterocycles. The van der Waals surface area contributed by atoms with Crippen molar-refractivity contribution in [2.24, 2.45) is 5.84 Å². The lowest BCUT2D eigenvalue weighted by Gasteiger charge is -2.17. The molecule has 1 aromatic heterocycles. The highest BCUT2D eigenvalue weighted by Crippen LogP contribution is 2.34. The fourth-order valence-corrected chi connectivity index (χ4v) is 3.84. The summed E-state index contributed by atoms with van der Waals surface area (Å²) < 4.78 is 7.19. The average Bonchev–Trinajstić information content (AvgIpc) is 2.77. The molecule has 3 nitrogen and oxygen atoms in total. The van der Waals surface area contributed by atoms with E-state index in [4.69, 9.17) is 10.6 Å². The van der Waals surface area contributed by atoms with E-state index in [0.29, 0.717) is 0 Å². The Bertz CT molecular complexity index is 545. The van der Waals surface area contributed by atoms with E-state index < -0.39 is 0 Å². The Morgan fingerprint density at radius 2 is 2.06 bits per heavy atom. The maximum Gasteiger partial charge on any atom is 0.133 e. The molecule has 2 rings (SSSR count). The first-order valence-corrected chi connectivity index (χ1v) is 7.71. The monoisotopic (exact) mass is 390 g/mol. The highest BCUT2D eigenvalue weighted by atomic mass is 79.9. The number of hydrogen-bond acceptors (Lipinski definition) is 4. The maximum atomic E-state index is 5.67. The first-order valence-electron chi connectivity index (χ1n) is 5.18. The standard InChI is InChI=1S/C12H12Br2N2OS/c1-17-11-3-2-7(4-9(11)13)12(16-15)8-5-18-6-10(8)14/h2-6,12,16H,15H2,1H3. The van der Waals surface area contributed by atoms with Gasteiger partial charge in [0.25, 0.3) is 0 Å². The molecule has 0 amide bonds. The molecular weight excluding hydrogens is 380 g/mol. The number of nitrogens with two attached hydrogens (primary N) is 1. The van der Waals surface area contributed by atoms with E-state index in [2.05, 4.69) is 42.7 Å². The van der Waals surface area contributed by atoms with Gasteiger partial charge in [0.15, 0.2) is 0 Å². The minimum atomic E-state index is -0.0483. The largest absolute Gasteiger partial charge is 0.496 e. The molecule has 1 aromatic carbocycles. The first-order chi connectivity index (χ1) is 8.67. The second kappa shape index (κ2) is 6.16. The normalized spacial score (nSPS) is 12.4. The molecule has 18 heavy (non-hydrogen) atoms. The zero-order valence-corrected chi connectivity index (χ0v) is 13.6. The van der Waals surface area contributed by atoms with Gasteiger partial charge in [-0.05, 0) is 60.5 Å². The van der Waals surface area contributed by atoms with Gasteiger partial charge in [0.2, 0.25) is 0 Å². The molecule has 1 unspecified atom stereocenters. The first kappa shape index (κ1) is 14.0. The Morgan fingerprint density at radius 1 is 1.28 bits per heavy atom. The van der Waals surface area contributed by atoms with Crippen molar-refractivity contribution >= 4 is 43.2 Å². The van der Waals surface area contributed by atoms with Crippen molar-refractivity contribution in [3.05, 3.63) is 49.0 Å². The van der Waals surface area contributed by atoms with Crippen molar-refractivity contribution in [1.29, 1.82) is 0 Å². The van der Waals surface area contributed by atoms with Crippen LogP contribution >= 0.6 is 43.2 Å². The number of nitrogens with one attached hydrogen (secondary N) is 1. The van der Waals surface area contributed by atoms with Crippen molar-refractivity contribution in [3.8, 4) is 5.75 Å². The fraction of sp³-hybridized carbons (Fsp3) is 0.167. The minimum Gasteiger partial charge on any atom is -0.496 e. The maximum absolute atomic E-state index is 5.67. The van der Waals surface area contributed by atoms with E-state index in [-0.39, 0.29) is 6.04 Å². The van der Waals surface area contributed by atoms with Gasteiger partial charge < -0.3 is 4.74 Å². The van der Waals surface area contributed by atoms with Crippen molar-refractivity contribution in [1.82, 2.24) is 5.43 Å². The van der Waals surface area contributed by atoms with Crippen LogP contribution in [0, 0.1) is 0 Å². The predicted molar refractivity (Wildman–Crippen MR) is 81.9 cm³/mol. The van der Waals surface area contributed by atoms with Crippen LogP contribution in [0.2, 0.25) is 0 Å². The molecule has 0 aliphatic rings. The van der Waals surface area contributed by atoms with Gasteiger partial charge in [0, 0.05) is 9.85 Å². The zero-order chi connectivity index (χ0) is 13.1. The number of halogens is 2. The molecule has 0 saturated heterocycles. The van der Waals surface area contributed by atoms with Crippen LogP contribution in [0.4, 0.5) is 0 Å². The van der Waals surface area contributed by atoms with E-state index in [0.717, 1.165) is 25.8 Å². The van der Waals surface area contributed by atoms with E-state index in [9.17, 15) is 0 Å². The van der Waals surface area contributed by atoms with Gasteiger partial charge in [-0.3, -0.25) is 5.84 Å². The molecule has 0 bridgehead atoms. The SMILES string of the molecule is COc1ccc(C(NN)c2cscc2Br)cc1Br. The summed E-state index contributed by atoms with van der Waals surface area (Å²) in [5.74, 6) is 6.48. The lowest BCUT2D eigenvalue weighted by atomic mass is 10.0. The van der Waals surface area contributed by atoms with Crippen LogP contribution in [-0.2, 0) is 0 Å². The molecule has 3 N–H and O–H groups in total. The van der Waals surface area contributed by atoms with Gasteiger partial charge in [-0.15, -0.1) is 0 Å². The third-order valence-corrected chi connectivity index (χ3v) is 5.00. The number of benzene rings is 1. The summed E-state index contributed by atoms with van der Waals surface area (Å²) >= 11 is 8.65. The molecule has 0 spiro atoms. The summed E-state index contributed by atoms with van der Waals surface area (Å²) in [6, 6.07) is 5.88. The highest BCUT2D eigenvalue weighted by molar-refractivity contribution is 9.10. The second-order valence-corrected chi connectivity index (χ2v) is 6.12. The summed E-state index contributed by atoms with van der Waals surface area (Å²) in [6.07, 6.45) is 0. The Balaban J connectivity index is 2.40. The lowest BCUT2D eigenvalue weighted by Crippen LogP contribution is -2.28. The summed E-state index contributed by atoms with van der Waals surface area (Å²) in [7, 11) is 1.65. The Hall–Kier alpha value is -0.400. The molecule has 1 heterocycles. The molecule has 1 atom stereocenters. The molecule has 0 saturated carbocycles. The number of thiophene rings is 1. The quantitative estimate of drug-likeness (QED) is 0.614. The van der Waals surface area contributed by atoms with Gasteiger partial charge >= 0.3 is 0 Å². The number of ether oxygens (including phenoxy) is 1. The Kier molecular flexibility index (Phi) is 4.80. The van der Waals surface area contributed by atoms with Gasteiger partial charge in [0.05, 0.1) is 17.6 Å². The van der Waals surface area contributed by atoms with E-state index in [1.807, 2.05) is 23.6 Å². The third kappa shape index (κ3) is 2.78. The molecular formula is C12H12Br2N2OS. The minimum absolute atomic E-state index is 0.0483. The van der Waals surface area contributed by atoms with Gasteiger partial charge in [0.1, 0.15) is 5.75 Å². The molecule has 0 fully saturated rings. The number of methoxy groups -OCH3 is 1. The van der Waals surface area contributed by atoms with Gasteiger partial charge in [-0.2, -0.15) is 11.3 Å². The molecule has 0 radical (unpaired) electrons. The Morgan fingerprint density at radius 3 is 2.56 bits per heavy atom. The second-order valence-electron chi connectivity index (χ2n) is 3.67. The van der Waals surface area contributed by atoms with Gasteiger partial charge in [-0.1, -0.05) is 6.07 Å². The van der Waals surface area contributed by atoms with Crippen LogP contribution in [0.15, 0.2) is 37.9 Å². The summed E-state index contributed by atoms with van der Waals surface area (Å²) in [5, 5.41) is 4.12. The van der Waals surface area contributed by atoms with Crippen LogP contribution in [0.1, 0.15) is 17.2 Å². The van der Waals surface area contributed by atoms with E-state index in [1.165, 1.54) is 0 Å². The van der Waals surface area contributed by atoms with Crippen LogP contribution in [0.5, 0.6) is 5.75 Å². The van der Waals surface area contributed by atoms with Crippen molar-refractivity contribution < 1.29 is 4.74 Å². The average molecular weight is 392 g/mol. The molecule has 0 aliphatic carbocycles. The third-order valence-electron chi connectivity index (χ3n) is 2.63. The van der Waals surface area contributed by atoms with E-state index in [1.54, 1.807) is 18.4 Å². The molecule has 6 heteroatoms. The number of hydrazine groups is 1. The van der Waals surface area contributed by atoms with Gasteiger partial charge in [-0.25, -0.2) is 5.43 Å². The molecule has 2 aromatic rings. The lowest BCUT2D eigenvalue weighted by molar-refractivity contribution is 0.411. The topological polar surface area (TPSA) is 47.3 Å². The van der Waals surface area contributed by atoms with Crippen LogP contribution in [0.3, 0.4) is 0 Å². The van der Waals surface area contributed by atoms with Crippen LogP contribution < -0.4 is 16.0 Å². The van der Waals surface area contributed by atoms with E-state index >= 15 is 0 Å². The summed E-state index contributed by atoms with van der Waals surface area (Å²) in [6.45, 7) is 0. The van der Waals surface area contributed by atoms with Crippen LogP contribution in [0.25, 0.3) is 0 Å². The predicted octanol–water partition coefficient (Wildman–Crippen LogP) is 3.83. The fourth-order valence-electron chi connectivity index (χ4n) is 1.73. The number of rotatable bonds is 4. The van der Waals surface area contributed by atoms with Crippen molar-refractivity contribution in [2.75, 3.05) is 7.11 Å². The summed E-state index contributed by atoms with van der Waals surface area (Å²) in [5.41, 5.74) is 5.04. The zero-order valence-electron chi connectivity index (χ0n) is 9.61. The number of hydrogen-bond donors (Lipinski definition) is 2. The van der Waals surface area contributed by atoms with Crippen LogP contribution in [-0.4, -0.2) is 7.11 Å².